The first kappa shape index (κ1) is 12.2. The number of carbonyl (C=O) groups excluding carboxylic acids is 1. The van der Waals surface area contributed by atoms with E-state index in [0.717, 1.165) is 12.8 Å². The fourth-order valence-corrected chi connectivity index (χ4v) is 1.17. The summed E-state index contributed by atoms with van der Waals surface area (Å²) in [6, 6.07) is 0.232. The van der Waals surface area contributed by atoms with E-state index in [-0.39, 0.29) is 11.9 Å². The van der Waals surface area contributed by atoms with E-state index in [9.17, 15) is 4.79 Å². The Morgan fingerprint density at radius 3 is 2.62 bits per heavy atom. The van der Waals surface area contributed by atoms with Gasteiger partial charge in [0.15, 0.2) is 0 Å². The SMILES string of the molecule is C=CCCC(C)N[C@H](C)C(=O)NC. The third kappa shape index (κ3) is 5.42. The molecule has 0 aromatic heterocycles. The van der Waals surface area contributed by atoms with Gasteiger partial charge in [-0.15, -0.1) is 6.58 Å². The number of allylic oxidation sites excluding steroid dienone is 1. The first-order valence-electron chi connectivity index (χ1n) is 4.70. The lowest BCUT2D eigenvalue weighted by molar-refractivity contribution is -0.122. The Kier molecular flexibility index (Phi) is 6.24. The molecule has 0 aliphatic carbocycles. The van der Waals surface area contributed by atoms with Gasteiger partial charge in [0.1, 0.15) is 0 Å². The van der Waals surface area contributed by atoms with Crippen molar-refractivity contribution in [3.8, 4) is 0 Å². The van der Waals surface area contributed by atoms with Crippen LogP contribution in [0.15, 0.2) is 12.7 Å². The molecule has 0 spiro atoms. The summed E-state index contributed by atoms with van der Waals surface area (Å²) in [6.45, 7) is 7.59. The summed E-state index contributed by atoms with van der Waals surface area (Å²) in [5.74, 6) is 0.0328. The van der Waals surface area contributed by atoms with Crippen molar-refractivity contribution in [2.45, 2.75) is 38.8 Å². The van der Waals surface area contributed by atoms with Crippen molar-refractivity contribution in [1.82, 2.24) is 10.6 Å². The van der Waals surface area contributed by atoms with E-state index in [1.165, 1.54) is 0 Å². The van der Waals surface area contributed by atoms with Crippen LogP contribution in [0, 0.1) is 0 Å². The van der Waals surface area contributed by atoms with Gasteiger partial charge in [0.05, 0.1) is 6.04 Å². The Labute approximate surface area is 80.6 Å². The fraction of sp³-hybridized carbons (Fsp3) is 0.700. The molecule has 2 N–H and O–H groups in total. The number of amides is 1. The van der Waals surface area contributed by atoms with Crippen LogP contribution in [-0.2, 0) is 4.79 Å². The summed E-state index contributed by atoms with van der Waals surface area (Å²) in [4.78, 5) is 11.1. The normalized spacial score (nSPS) is 14.7. The Bertz CT molecular complexity index is 168. The summed E-state index contributed by atoms with van der Waals surface area (Å²) in [5, 5.41) is 5.81. The molecular formula is C10H20N2O. The van der Waals surface area contributed by atoms with Gasteiger partial charge < -0.3 is 10.6 Å². The number of hydrogen-bond donors (Lipinski definition) is 2. The van der Waals surface area contributed by atoms with Crippen molar-refractivity contribution >= 4 is 5.91 Å². The largest absolute Gasteiger partial charge is 0.358 e. The first-order chi connectivity index (χ1) is 6.11. The average Bonchev–Trinajstić information content (AvgIpc) is 2.13. The molecule has 0 fully saturated rings. The van der Waals surface area contributed by atoms with Crippen LogP contribution < -0.4 is 10.6 Å². The molecule has 2 atom stereocenters. The van der Waals surface area contributed by atoms with Gasteiger partial charge in [-0.2, -0.15) is 0 Å². The average molecular weight is 184 g/mol. The standard InChI is InChI=1S/C10H20N2O/c1-5-6-7-8(2)12-9(3)10(13)11-4/h5,8-9,12H,1,6-7H2,2-4H3,(H,11,13)/t8?,9-/m1/s1. The van der Waals surface area contributed by atoms with Crippen LogP contribution >= 0.6 is 0 Å². The number of rotatable bonds is 6. The van der Waals surface area contributed by atoms with Crippen LogP contribution in [0.2, 0.25) is 0 Å². The molecule has 0 rings (SSSR count). The van der Waals surface area contributed by atoms with Crippen LogP contribution in [0.3, 0.4) is 0 Å². The molecule has 0 saturated carbocycles. The fourth-order valence-electron chi connectivity index (χ4n) is 1.17. The van der Waals surface area contributed by atoms with Crippen molar-refractivity contribution < 1.29 is 4.79 Å². The van der Waals surface area contributed by atoms with E-state index in [1.807, 2.05) is 13.0 Å². The number of hydrogen-bond acceptors (Lipinski definition) is 2. The van der Waals surface area contributed by atoms with Gasteiger partial charge in [-0.25, -0.2) is 0 Å². The zero-order valence-corrected chi connectivity index (χ0v) is 8.76. The molecule has 3 heteroatoms. The molecule has 0 heterocycles. The molecule has 0 saturated heterocycles. The zero-order valence-electron chi connectivity index (χ0n) is 8.76. The van der Waals surface area contributed by atoms with Crippen molar-refractivity contribution in [2.75, 3.05) is 7.05 Å². The van der Waals surface area contributed by atoms with Crippen molar-refractivity contribution in [3.63, 3.8) is 0 Å². The smallest absolute Gasteiger partial charge is 0.236 e. The van der Waals surface area contributed by atoms with Gasteiger partial charge in [-0.3, -0.25) is 4.79 Å². The predicted octanol–water partition coefficient (Wildman–Crippen LogP) is 1.07. The number of nitrogens with one attached hydrogen (secondary N) is 2. The van der Waals surface area contributed by atoms with Crippen molar-refractivity contribution in [2.24, 2.45) is 0 Å². The summed E-state index contributed by atoms with van der Waals surface area (Å²) >= 11 is 0. The molecule has 0 radical (unpaired) electrons. The van der Waals surface area contributed by atoms with Gasteiger partial charge in [-0.05, 0) is 26.7 Å². The van der Waals surface area contributed by atoms with Crippen molar-refractivity contribution in [3.05, 3.63) is 12.7 Å². The molecule has 0 aromatic rings. The maximum Gasteiger partial charge on any atom is 0.236 e. The maximum atomic E-state index is 11.1. The van der Waals surface area contributed by atoms with E-state index < -0.39 is 0 Å². The van der Waals surface area contributed by atoms with Crippen LogP contribution in [0.25, 0.3) is 0 Å². The predicted molar refractivity (Wildman–Crippen MR) is 55.6 cm³/mol. The molecular weight excluding hydrogens is 164 g/mol. The second-order valence-electron chi connectivity index (χ2n) is 3.27. The molecule has 0 aliphatic rings. The Morgan fingerprint density at radius 2 is 2.15 bits per heavy atom. The number of carbonyl (C=O) groups is 1. The monoisotopic (exact) mass is 184 g/mol. The molecule has 76 valence electrons. The third-order valence-electron chi connectivity index (χ3n) is 1.98. The molecule has 1 unspecified atom stereocenters. The number of likely N-dealkylation sites (N-methyl/N-ethyl adjacent to an activating group) is 1. The van der Waals surface area contributed by atoms with Gasteiger partial charge in [0.25, 0.3) is 0 Å². The maximum absolute atomic E-state index is 11.1. The second kappa shape index (κ2) is 6.66. The lowest BCUT2D eigenvalue weighted by Crippen LogP contribution is -2.44. The minimum absolute atomic E-state index is 0.0328. The van der Waals surface area contributed by atoms with Gasteiger partial charge in [0.2, 0.25) is 5.91 Å². The minimum Gasteiger partial charge on any atom is -0.358 e. The molecule has 3 nitrogen and oxygen atoms in total. The molecule has 1 amide bonds. The highest BCUT2D eigenvalue weighted by atomic mass is 16.2. The van der Waals surface area contributed by atoms with E-state index >= 15 is 0 Å². The van der Waals surface area contributed by atoms with Gasteiger partial charge in [0, 0.05) is 13.1 Å². The van der Waals surface area contributed by atoms with E-state index in [4.69, 9.17) is 0 Å². The van der Waals surface area contributed by atoms with E-state index in [2.05, 4.69) is 24.1 Å². The third-order valence-corrected chi connectivity index (χ3v) is 1.98. The molecule has 0 bridgehead atoms. The summed E-state index contributed by atoms with van der Waals surface area (Å²) < 4.78 is 0. The molecule has 13 heavy (non-hydrogen) atoms. The lowest BCUT2D eigenvalue weighted by atomic mass is 10.1. The second-order valence-corrected chi connectivity index (χ2v) is 3.27. The molecule has 0 aliphatic heterocycles. The highest BCUT2D eigenvalue weighted by Crippen LogP contribution is 1.98. The summed E-state index contributed by atoms with van der Waals surface area (Å²) in [5.41, 5.74) is 0. The van der Waals surface area contributed by atoms with Crippen LogP contribution in [-0.4, -0.2) is 25.0 Å². The Morgan fingerprint density at radius 1 is 1.54 bits per heavy atom. The van der Waals surface area contributed by atoms with Crippen LogP contribution in [0.4, 0.5) is 0 Å². The van der Waals surface area contributed by atoms with Gasteiger partial charge >= 0.3 is 0 Å². The zero-order chi connectivity index (χ0) is 10.3. The highest BCUT2D eigenvalue weighted by molar-refractivity contribution is 5.80. The van der Waals surface area contributed by atoms with Gasteiger partial charge in [-0.1, -0.05) is 6.08 Å². The quantitative estimate of drug-likeness (QED) is 0.606. The Hall–Kier alpha value is -0.830. The highest BCUT2D eigenvalue weighted by Gasteiger charge is 2.12. The lowest BCUT2D eigenvalue weighted by Gasteiger charge is -2.18. The van der Waals surface area contributed by atoms with E-state index in [0.29, 0.717) is 6.04 Å². The molecule has 0 aromatic carbocycles. The van der Waals surface area contributed by atoms with Crippen LogP contribution in [0.1, 0.15) is 26.7 Å². The summed E-state index contributed by atoms with van der Waals surface area (Å²) in [6.07, 6.45) is 3.89. The van der Waals surface area contributed by atoms with Crippen molar-refractivity contribution in [1.29, 1.82) is 0 Å². The van der Waals surface area contributed by atoms with Crippen LogP contribution in [0.5, 0.6) is 0 Å². The minimum atomic E-state index is -0.121. The summed E-state index contributed by atoms with van der Waals surface area (Å²) in [7, 11) is 1.65. The Balaban J connectivity index is 3.70. The first-order valence-corrected chi connectivity index (χ1v) is 4.70. The topological polar surface area (TPSA) is 41.1 Å². The van der Waals surface area contributed by atoms with E-state index in [1.54, 1.807) is 7.05 Å².